The quantitative estimate of drug-likeness (QED) is 0.622. The summed E-state index contributed by atoms with van der Waals surface area (Å²) in [4.78, 5) is 0. The second-order valence-electron chi connectivity index (χ2n) is 4.12. The smallest absolute Gasteiger partial charge is 0.406 e. The lowest BCUT2D eigenvalue weighted by Crippen LogP contribution is -2.18. The van der Waals surface area contributed by atoms with Gasteiger partial charge in [-0.25, -0.2) is 4.39 Å². The predicted octanol–water partition coefficient (Wildman–Crippen LogP) is 2.85. The number of alkyl halides is 3. The third-order valence-corrected chi connectivity index (χ3v) is 2.57. The SMILES string of the molecule is NCCCC[C@H](N)c1cc(OC(F)(F)F)ccc1F. The van der Waals surface area contributed by atoms with Crippen molar-refractivity contribution < 1.29 is 22.3 Å². The molecule has 0 amide bonds. The normalized spacial score (nSPS) is 13.4. The van der Waals surface area contributed by atoms with Crippen LogP contribution in [0.4, 0.5) is 17.6 Å². The number of unbranched alkanes of at least 4 members (excludes halogenated alkanes) is 1. The Morgan fingerprint density at radius 3 is 2.47 bits per heavy atom. The summed E-state index contributed by atoms with van der Waals surface area (Å²) in [5.74, 6) is -1.12. The number of hydrogen-bond acceptors (Lipinski definition) is 3. The number of benzene rings is 1. The summed E-state index contributed by atoms with van der Waals surface area (Å²) in [5, 5.41) is 0. The lowest BCUT2D eigenvalue weighted by Gasteiger charge is -2.15. The zero-order chi connectivity index (χ0) is 14.5. The summed E-state index contributed by atoms with van der Waals surface area (Å²) in [7, 11) is 0. The molecule has 0 bridgehead atoms. The van der Waals surface area contributed by atoms with E-state index in [1.165, 1.54) is 0 Å². The molecule has 3 nitrogen and oxygen atoms in total. The van der Waals surface area contributed by atoms with Crippen molar-refractivity contribution in [1.29, 1.82) is 0 Å². The number of hydrogen-bond donors (Lipinski definition) is 2. The van der Waals surface area contributed by atoms with Gasteiger partial charge in [-0.3, -0.25) is 0 Å². The number of halogens is 4. The highest BCUT2D eigenvalue weighted by atomic mass is 19.4. The lowest BCUT2D eigenvalue weighted by atomic mass is 10.0. The van der Waals surface area contributed by atoms with Gasteiger partial charge in [0.15, 0.2) is 0 Å². The summed E-state index contributed by atoms with van der Waals surface area (Å²) in [6.07, 6.45) is -2.95. The van der Waals surface area contributed by atoms with E-state index in [1.54, 1.807) is 0 Å². The van der Waals surface area contributed by atoms with Crippen LogP contribution in [-0.4, -0.2) is 12.9 Å². The summed E-state index contributed by atoms with van der Waals surface area (Å²) in [5.41, 5.74) is 11.1. The maximum Gasteiger partial charge on any atom is 0.573 e. The molecule has 108 valence electrons. The zero-order valence-corrected chi connectivity index (χ0v) is 10.2. The fourth-order valence-electron chi connectivity index (χ4n) is 1.67. The van der Waals surface area contributed by atoms with E-state index in [1.807, 2.05) is 0 Å². The molecule has 0 aromatic heterocycles. The third-order valence-electron chi connectivity index (χ3n) is 2.57. The molecule has 1 rings (SSSR count). The Labute approximate surface area is 108 Å². The molecule has 0 spiro atoms. The van der Waals surface area contributed by atoms with Crippen LogP contribution in [0, 0.1) is 5.82 Å². The maximum atomic E-state index is 13.5. The maximum absolute atomic E-state index is 13.5. The van der Waals surface area contributed by atoms with Gasteiger partial charge in [0.05, 0.1) is 0 Å². The Kier molecular flexibility index (Phi) is 5.56. The molecule has 0 aliphatic carbocycles. The van der Waals surface area contributed by atoms with Crippen LogP contribution >= 0.6 is 0 Å². The van der Waals surface area contributed by atoms with E-state index in [9.17, 15) is 17.6 Å². The molecule has 19 heavy (non-hydrogen) atoms. The molecule has 4 N–H and O–H groups in total. The van der Waals surface area contributed by atoms with Crippen molar-refractivity contribution >= 4 is 0 Å². The van der Waals surface area contributed by atoms with Crippen LogP contribution in [0.1, 0.15) is 30.9 Å². The monoisotopic (exact) mass is 280 g/mol. The van der Waals surface area contributed by atoms with Crippen molar-refractivity contribution in [2.45, 2.75) is 31.7 Å². The molecule has 0 saturated heterocycles. The van der Waals surface area contributed by atoms with Gasteiger partial charge in [0.25, 0.3) is 0 Å². The first kappa shape index (κ1) is 15.7. The van der Waals surface area contributed by atoms with Crippen LogP contribution in [0.2, 0.25) is 0 Å². The molecule has 0 aliphatic rings. The Bertz CT molecular complexity index is 409. The first-order chi connectivity index (χ1) is 8.83. The molecule has 1 atom stereocenters. The Hall–Kier alpha value is -1.34. The van der Waals surface area contributed by atoms with Crippen LogP contribution in [0.3, 0.4) is 0 Å². The summed E-state index contributed by atoms with van der Waals surface area (Å²) in [6.45, 7) is 0.492. The Morgan fingerprint density at radius 2 is 1.89 bits per heavy atom. The van der Waals surface area contributed by atoms with Crippen molar-refractivity contribution in [3.8, 4) is 5.75 Å². The molecule has 0 aliphatic heterocycles. The van der Waals surface area contributed by atoms with Gasteiger partial charge in [0, 0.05) is 11.6 Å². The van der Waals surface area contributed by atoms with Gasteiger partial charge in [0.1, 0.15) is 11.6 Å². The van der Waals surface area contributed by atoms with Crippen LogP contribution in [0.15, 0.2) is 18.2 Å². The van der Waals surface area contributed by atoms with E-state index in [0.29, 0.717) is 19.4 Å². The number of ether oxygens (including phenoxy) is 1. The van der Waals surface area contributed by atoms with E-state index in [4.69, 9.17) is 11.5 Å². The minimum absolute atomic E-state index is 0.0128. The molecular formula is C12H16F4N2O. The van der Waals surface area contributed by atoms with Crippen LogP contribution in [0.25, 0.3) is 0 Å². The second-order valence-corrected chi connectivity index (χ2v) is 4.12. The summed E-state index contributed by atoms with van der Waals surface area (Å²) in [6, 6.07) is 2.14. The van der Waals surface area contributed by atoms with Crippen molar-refractivity contribution in [2.24, 2.45) is 11.5 Å². The highest BCUT2D eigenvalue weighted by Gasteiger charge is 2.31. The summed E-state index contributed by atoms with van der Waals surface area (Å²) >= 11 is 0. The molecular weight excluding hydrogens is 264 g/mol. The van der Waals surface area contributed by atoms with Gasteiger partial charge < -0.3 is 16.2 Å². The first-order valence-corrected chi connectivity index (χ1v) is 5.84. The van der Waals surface area contributed by atoms with E-state index in [0.717, 1.165) is 24.6 Å². The summed E-state index contributed by atoms with van der Waals surface area (Å²) < 4.78 is 53.4. The van der Waals surface area contributed by atoms with Gasteiger partial charge in [-0.05, 0) is 37.6 Å². The minimum Gasteiger partial charge on any atom is -0.406 e. The highest BCUT2D eigenvalue weighted by Crippen LogP contribution is 2.28. The Balaban J connectivity index is 2.78. The van der Waals surface area contributed by atoms with E-state index in [2.05, 4.69) is 4.74 Å². The third kappa shape index (κ3) is 5.44. The van der Waals surface area contributed by atoms with Gasteiger partial charge in [-0.15, -0.1) is 13.2 Å². The van der Waals surface area contributed by atoms with Crippen molar-refractivity contribution in [1.82, 2.24) is 0 Å². The molecule has 1 aromatic rings. The fourth-order valence-corrected chi connectivity index (χ4v) is 1.67. The molecule has 7 heteroatoms. The molecule has 0 unspecified atom stereocenters. The van der Waals surface area contributed by atoms with Gasteiger partial charge in [-0.2, -0.15) is 0 Å². The predicted molar refractivity (Wildman–Crippen MR) is 62.9 cm³/mol. The van der Waals surface area contributed by atoms with Crippen LogP contribution < -0.4 is 16.2 Å². The number of nitrogens with two attached hydrogens (primary N) is 2. The van der Waals surface area contributed by atoms with Crippen LogP contribution in [-0.2, 0) is 0 Å². The average molecular weight is 280 g/mol. The standard InChI is InChI=1S/C12H16F4N2O/c13-10-5-4-8(19-12(14,15)16)7-9(10)11(18)3-1-2-6-17/h4-5,7,11H,1-3,6,17-18H2/t11-/m0/s1. The van der Waals surface area contributed by atoms with Crippen molar-refractivity contribution in [3.63, 3.8) is 0 Å². The van der Waals surface area contributed by atoms with Gasteiger partial charge in [0.2, 0.25) is 0 Å². The van der Waals surface area contributed by atoms with Crippen molar-refractivity contribution in [2.75, 3.05) is 6.54 Å². The van der Waals surface area contributed by atoms with E-state index in [-0.39, 0.29) is 5.56 Å². The molecule has 0 radical (unpaired) electrons. The highest BCUT2D eigenvalue weighted by molar-refractivity contribution is 5.32. The fraction of sp³-hybridized carbons (Fsp3) is 0.500. The number of rotatable bonds is 6. The van der Waals surface area contributed by atoms with E-state index >= 15 is 0 Å². The molecule has 0 fully saturated rings. The lowest BCUT2D eigenvalue weighted by molar-refractivity contribution is -0.274. The van der Waals surface area contributed by atoms with Crippen molar-refractivity contribution in [3.05, 3.63) is 29.6 Å². The second kappa shape index (κ2) is 6.72. The largest absolute Gasteiger partial charge is 0.573 e. The first-order valence-electron chi connectivity index (χ1n) is 5.84. The molecule has 1 aromatic carbocycles. The topological polar surface area (TPSA) is 61.3 Å². The average Bonchev–Trinajstić information content (AvgIpc) is 2.30. The molecule has 0 heterocycles. The van der Waals surface area contributed by atoms with Crippen LogP contribution in [0.5, 0.6) is 5.75 Å². The zero-order valence-electron chi connectivity index (χ0n) is 10.2. The van der Waals surface area contributed by atoms with Gasteiger partial charge >= 0.3 is 6.36 Å². The van der Waals surface area contributed by atoms with E-state index < -0.39 is 24.0 Å². The minimum atomic E-state index is -4.81. The Morgan fingerprint density at radius 1 is 1.21 bits per heavy atom. The van der Waals surface area contributed by atoms with Gasteiger partial charge in [-0.1, -0.05) is 6.42 Å². The molecule has 0 saturated carbocycles.